The standard InChI is InChI=1S/C12H17NO/c1-9(2)13(4)12-8-6-5-7-11(12)10(3)14/h5-9H,1-4H3/p+1. The molecule has 0 saturated carbocycles. The summed E-state index contributed by atoms with van der Waals surface area (Å²) in [5.41, 5.74) is 1.92. The van der Waals surface area contributed by atoms with Crippen LogP contribution in [0, 0.1) is 0 Å². The lowest BCUT2D eigenvalue weighted by Gasteiger charge is -2.19. The van der Waals surface area contributed by atoms with Gasteiger partial charge in [0.15, 0.2) is 5.78 Å². The van der Waals surface area contributed by atoms with E-state index in [0.29, 0.717) is 6.04 Å². The number of quaternary nitrogens is 1. The molecule has 1 rings (SSSR count). The molecular formula is C12H18NO+. The van der Waals surface area contributed by atoms with Crippen molar-refractivity contribution in [3.8, 4) is 0 Å². The second kappa shape index (κ2) is 4.38. The van der Waals surface area contributed by atoms with E-state index >= 15 is 0 Å². The molecule has 2 nitrogen and oxygen atoms in total. The number of hydrogen-bond acceptors (Lipinski definition) is 1. The van der Waals surface area contributed by atoms with Gasteiger partial charge in [-0.15, -0.1) is 0 Å². The lowest BCUT2D eigenvalue weighted by molar-refractivity contribution is -0.834. The minimum Gasteiger partial charge on any atom is -0.302 e. The van der Waals surface area contributed by atoms with E-state index < -0.39 is 0 Å². The molecule has 0 amide bonds. The molecule has 0 aliphatic rings. The molecule has 0 aliphatic heterocycles. The van der Waals surface area contributed by atoms with Gasteiger partial charge in [0.2, 0.25) is 0 Å². The number of carbonyl (C=O) groups excluding carboxylic acids is 1. The maximum absolute atomic E-state index is 11.4. The zero-order chi connectivity index (χ0) is 10.7. The van der Waals surface area contributed by atoms with Gasteiger partial charge in [-0.2, -0.15) is 0 Å². The second-order valence-corrected chi connectivity index (χ2v) is 3.94. The Morgan fingerprint density at radius 1 is 1.29 bits per heavy atom. The molecule has 1 atom stereocenters. The van der Waals surface area contributed by atoms with Gasteiger partial charge in [0.25, 0.3) is 0 Å². The lowest BCUT2D eigenvalue weighted by Crippen LogP contribution is -3.07. The molecule has 1 N–H and O–H groups in total. The van der Waals surface area contributed by atoms with Gasteiger partial charge < -0.3 is 4.90 Å². The highest BCUT2D eigenvalue weighted by Crippen LogP contribution is 2.10. The van der Waals surface area contributed by atoms with Gasteiger partial charge in [-0.25, -0.2) is 0 Å². The molecule has 0 fully saturated rings. The Balaban J connectivity index is 3.13. The number of nitrogens with one attached hydrogen (secondary N) is 1. The number of ketones is 1. The van der Waals surface area contributed by atoms with E-state index in [1.165, 1.54) is 4.90 Å². The van der Waals surface area contributed by atoms with Crippen molar-refractivity contribution in [2.75, 3.05) is 7.05 Å². The van der Waals surface area contributed by atoms with Crippen LogP contribution in [0.25, 0.3) is 0 Å². The third kappa shape index (κ3) is 2.20. The molecule has 0 aromatic heterocycles. The van der Waals surface area contributed by atoms with Gasteiger partial charge in [-0.1, -0.05) is 12.1 Å². The van der Waals surface area contributed by atoms with Crippen LogP contribution in [0.3, 0.4) is 0 Å². The first-order valence-corrected chi connectivity index (χ1v) is 4.97. The smallest absolute Gasteiger partial charge is 0.165 e. The molecule has 76 valence electrons. The van der Waals surface area contributed by atoms with Crippen LogP contribution in [0.4, 0.5) is 5.69 Å². The number of hydrogen-bond donors (Lipinski definition) is 1. The van der Waals surface area contributed by atoms with Crippen LogP contribution in [-0.2, 0) is 0 Å². The number of carbonyl (C=O) groups is 1. The average Bonchev–Trinajstić information content (AvgIpc) is 2.16. The Morgan fingerprint density at radius 3 is 2.36 bits per heavy atom. The van der Waals surface area contributed by atoms with Crippen molar-refractivity contribution in [1.82, 2.24) is 0 Å². The van der Waals surface area contributed by atoms with E-state index in [1.54, 1.807) is 6.92 Å². The molecule has 0 heterocycles. The minimum absolute atomic E-state index is 0.139. The molecule has 14 heavy (non-hydrogen) atoms. The van der Waals surface area contributed by atoms with Crippen LogP contribution in [0.15, 0.2) is 24.3 Å². The Kier molecular flexibility index (Phi) is 3.42. The third-order valence-electron chi connectivity index (χ3n) is 2.60. The van der Waals surface area contributed by atoms with Crippen LogP contribution in [0.1, 0.15) is 31.1 Å². The fraction of sp³-hybridized carbons (Fsp3) is 0.417. The van der Waals surface area contributed by atoms with Gasteiger partial charge in [0.1, 0.15) is 5.69 Å². The van der Waals surface area contributed by atoms with E-state index in [0.717, 1.165) is 11.3 Å². The summed E-state index contributed by atoms with van der Waals surface area (Å²) in [5, 5.41) is 0. The van der Waals surface area contributed by atoms with Gasteiger partial charge in [-0.3, -0.25) is 4.79 Å². The predicted octanol–water partition coefficient (Wildman–Crippen LogP) is 1.44. The van der Waals surface area contributed by atoms with Crippen molar-refractivity contribution in [2.45, 2.75) is 26.8 Å². The molecule has 0 radical (unpaired) electrons. The van der Waals surface area contributed by atoms with E-state index in [9.17, 15) is 4.79 Å². The number of rotatable bonds is 3. The maximum atomic E-state index is 11.4. The highest BCUT2D eigenvalue weighted by Gasteiger charge is 2.16. The molecule has 0 aliphatic carbocycles. The summed E-state index contributed by atoms with van der Waals surface area (Å²) >= 11 is 0. The predicted molar refractivity (Wildman–Crippen MR) is 58.1 cm³/mol. The Morgan fingerprint density at radius 2 is 1.86 bits per heavy atom. The summed E-state index contributed by atoms with van der Waals surface area (Å²) in [7, 11) is 2.09. The zero-order valence-corrected chi connectivity index (χ0v) is 9.29. The highest BCUT2D eigenvalue weighted by molar-refractivity contribution is 5.97. The second-order valence-electron chi connectivity index (χ2n) is 3.94. The average molecular weight is 192 g/mol. The summed E-state index contributed by atoms with van der Waals surface area (Å²) in [6.45, 7) is 5.91. The first kappa shape index (κ1) is 10.9. The summed E-state index contributed by atoms with van der Waals surface area (Å²) < 4.78 is 0. The summed E-state index contributed by atoms with van der Waals surface area (Å²) in [6, 6.07) is 8.28. The van der Waals surface area contributed by atoms with Crippen molar-refractivity contribution in [1.29, 1.82) is 0 Å². The largest absolute Gasteiger partial charge is 0.302 e. The normalized spacial score (nSPS) is 12.9. The summed E-state index contributed by atoms with van der Waals surface area (Å²) in [6.07, 6.45) is 0. The van der Waals surface area contributed by atoms with Crippen LogP contribution >= 0.6 is 0 Å². The number of para-hydroxylation sites is 1. The maximum Gasteiger partial charge on any atom is 0.165 e. The molecule has 1 unspecified atom stereocenters. The molecule has 1 aromatic carbocycles. The summed E-state index contributed by atoms with van der Waals surface area (Å²) in [4.78, 5) is 12.7. The van der Waals surface area contributed by atoms with Gasteiger partial charge in [-0.05, 0) is 32.9 Å². The number of Topliss-reactive ketones (excluding diaryl/α,β-unsaturated/α-hetero) is 1. The fourth-order valence-corrected chi connectivity index (χ4v) is 1.44. The minimum atomic E-state index is 0.139. The third-order valence-corrected chi connectivity index (χ3v) is 2.60. The number of benzene rings is 1. The van der Waals surface area contributed by atoms with Crippen molar-refractivity contribution in [2.24, 2.45) is 0 Å². The van der Waals surface area contributed by atoms with E-state index in [2.05, 4.69) is 20.9 Å². The van der Waals surface area contributed by atoms with Gasteiger partial charge in [0.05, 0.1) is 18.7 Å². The lowest BCUT2D eigenvalue weighted by atomic mass is 10.1. The highest BCUT2D eigenvalue weighted by atomic mass is 16.1. The molecule has 1 aromatic rings. The van der Waals surface area contributed by atoms with Crippen LogP contribution < -0.4 is 4.90 Å². The van der Waals surface area contributed by atoms with Gasteiger partial charge in [0, 0.05) is 0 Å². The Hall–Kier alpha value is -1.15. The molecule has 0 saturated heterocycles. The monoisotopic (exact) mass is 192 g/mol. The summed E-state index contributed by atoms with van der Waals surface area (Å²) in [5.74, 6) is 0.139. The van der Waals surface area contributed by atoms with E-state index in [1.807, 2.05) is 24.3 Å². The van der Waals surface area contributed by atoms with Crippen molar-refractivity contribution < 1.29 is 9.69 Å². The Bertz CT molecular complexity index is 331. The van der Waals surface area contributed by atoms with E-state index in [4.69, 9.17) is 0 Å². The topological polar surface area (TPSA) is 21.5 Å². The molecule has 0 bridgehead atoms. The van der Waals surface area contributed by atoms with Crippen LogP contribution in [-0.4, -0.2) is 18.9 Å². The first-order chi connectivity index (χ1) is 6.54. The first-order valence-electron chi connectivity index (χ1n) is 4.97. The van der Waals surface area contributed by atoms with Crippen molar-refractivity contribution in [3.63, 3.8) is 0 Å². The molecule has 2 heteroatoms. The van der Waals surface area contributed by atoms with E-state index in [-0.39, 0.29) is 5.78 Å². The quantitative estimate of drug-likeness (QED) is 0.719. The fourth-order valence-electron chi connectivity index (χ4n) is 1.44. The Labute approximate surface area is 85.5 Å². The van der Waals surface area contributed by atoms with Crippen LogP contribution in [0.2, 0.25) is 0 Å². The zero-order valence-electron chi connectivity index (χ0n) is 9.29. The molecular weight excluding hydrogens is 174 g/mol. The van der Waals surface area contributed by atoms with Crippen molar-refractivity contribution >= 4 is 11.5 Å². The molecule has 0 spiro atoms. The van der Waals surface area contributed by atoms with Crippen molar-refractivity contribution in [3.05, 3.63) is 29.8 Å². The van der Waals surface area contributed by atoms with Crippen LogP contribution in [0.5, 0.6) is 0 Å². The van der Waals surface area contributed by atoms with Gasteiger partial charge >= 0.3 is 0 Å². The SMILES string of the molecule is CC(=O)c1ccccc1[NH+](C)C(C)C.